The number of benzene rings is 3. The van der Waals surface area contributed by atoms with E-state index in [0.29, 0.717) is 20.3 Å². The highest BCUT2D eigenvalue weighted by Crippen LogP contribution is 2.36. The first kappa shape index (κ1) is 24.6. The Morgan fingerprint density at radius 1 is 1.06 bits per heavy atom. The minimum absolute atomic E-state index is 0.00507. The zero-order valence-corrected chi connectivity index (χ0v) is 21.0. The molecule has 1 saturated heterocycles. The maximum Gasteiger partial charge on any atom is 0.329 e. The van der Waals surface area contributed by atoms with Crippen LogP contribution in [0.2, 0.25) is 0 Å². The topological polar surface area (TPSA) is 102 Å². The summed E-state index contributed by atoms with van der Waals surface area (Å²) in [4.78, 5) is 36.3. The van der Waals surface area contributed by atoms with Crippen molar-refractivity contribution in [2.45, 2.75) is 13.2 Å². The summed E-state index contributed by atoms with van der Waals surface area (Å²) in [5, 5.41) is 13.3. The third-order valence-electron chi connectivity index (χ3n) is 5.11. The molecule has 0 atom stereocenters. The molecule has 0 spiro atoms. The average molecular weight is 605 g/mol. The van der Waals surface area contributed by atoms with Crippen molar-refractivity contribution in [1.29, 1.82) is 0 Å². The zero-order chi connectivity index (χ0) is 25.1. The number of nitro benzene ring substituents is 1. The highest BCUT2D eigenvalue weighted by atomic mass is 79.9. The molecular weight excluding hydrogens is 589 g/mol. The van der Waals surface area contributed by atoms with E-state index in [0.717, 1.165) is 10.5 Å². The van der Waals surface area contributed by atoms with Gasteiger partial charge in [-0.3, -0.25) is 19.8 Å². The molecule has 0 bridgehead atoms. The monoisotopic (exact) mass is 603 g/mol. The summed E-state index contributed by atoms with van der Waals surface area (Å²) >= 11 is 6.89. The molecule has 35 heavy (non-hydrogen) atoms. The van der Waals surface area contributed by atoms with E-state index in [1.54, 1.807) is 30.3 Å². The third-order valence-corrected chi connectivity index (χ3v) is 6.29. The molecule has 1 aliphatic rings. The van der Waals surface area contributed by atoms with Gasteiger partial charge in [0, 0.05) is 17.7 Å². The van der Waals surface area contributed by atoms with E-state index in [4.69, 9.17) is 4.74 Å². The van der Waals surface area contributed by atoms with Crippen molar-refractivity contribution in [3.63, 3.8) is 0 Å². The predicted molar refractivity (Wildman–Crippen MR) is 133 cm³/mol. The van der Waals surface area contributed by atoms with Crippen molar-refractivity contribution in [3.8, 4) is 5.75 Å². The van der Waals surface area contributed by atoms with Crippen molar-refractivity contribution in [2.24, 2.45) is 0 Å². The lowest BCUT2D eigenvalue weighted by atomic mass is 10.1. The highest BCUT2D eigenvalue weighted by Gasteiger charge is 2.34. The number of carbonyl (C=O) groups is 2. The van der Waals surface area contributed by atoms with Gasteiger partial charge in [-0.2, -0.15) is 0 Å². The van der Waals surface area contributed by atoms with Crippen molar-refractivity contribution >= 4 is 55.6 Å². The Morgan fingerprint density at radius 2 is 1.71 bits per heavy atom. The predicted octanol–water partition coefficient (Wildman–Crippen LogP) is 5.93. The Kier molecular flexibility index (Phi) is 7.27. The van der Waals surface area contributed by atoms with E-state index >= 15 is 0 Å². The molecule has 3 amide bonds. The first-order valence-electron chi connectivity index (χ1n) is 10.2. The van der Waals surface area contributed by atoms with Crippen molar-refractivity contribution in [3.05, 3.63) is 108 Å². The van der Waals surface area contributed by atoms with Crippen LogP contribution in [-0.4, -0.2) is 21.8 Å². The number of halogens is 3. The SMILES string of the molecule is O=C1N/C(=C/c2cc(Br)c(OCc3ccc([N+](=O)[O-])cc3)c(Br)c2)C(=O)N1Cc1ccccc1F. The van der Waals surface area contributed by atoms with Crippen molar-refractivity contribution in [1.82, 2.24) is 10.2 Å². The Labute approximate surface area is 215 Å². The van der Waals surface area contributed by atoms with Gasteiger partial charge in [0.1, 0.15) is 23.9 Å². The summed E-state index contributed by atoms with van der Waals surface area (Å²) in [5.41, 5.74) is 1.63. The largest absolute Gasteiger partial charge is 0.487 e. The van der Waals surface area contributed by atoms with Gasteiger partial charge in [0.15, 0.2) is 0 Å². The van der Waals surface area contributed by atoms with E-state index in [9.17, 15) is 24.1 Å². The number of nitrogens with zero attached hydrogens (tertiary/aromatic N) is 2. The molecule has 0 radical (unpaired) electrons. The molecule has 0 aromatic heterocycles. The number of hydrogen-bond donors (Lipinski definition) is 1. The van der Waals surface area contributed by atoms with Crippen LogP contribution in [0.15, 0.2) is 75.3 Å². The van der Waals surface area contributed by atoms with Gasteiger partial charge in [-0.05, 0) is 79.4 Å². The molecule has 1 heterocycles. The molecular formula is C24H16Br2FN3O5. The smallest absolute Gasteiger partial charge is 0.329 e. The highest BCUT2D eigenvalue weighted by molar-refractivity contribution is 9.11. The standard InChI is InChI=1S/C24H16Br2FN3O5/c25-18-9-15(10-19(26)22(18)35-13-14-5-7-17(8-6-14)30(33)34)11-21-23(31)29(24(32)28-21)12-16-3-1-2-4-20(16)27/h1-11H,12-13H2,(H,28,32)/b21-11+. The van der Waals surface area contributed by atoms with Gasteiger partial charge in [-0.15, -0.1) is 0 Å². The number of rotatable bonds is 7. The molecule has 11 heteroatoms. The summed E-state index contributed by atoms with van der Waals surface area (Å²) in [7, 11) is 0. The van der Waals surface area contributed by atoms with Crippen LogP contribution >= 0.6 is 31.9 Å². The molecule has 178 valence electrons. The molecule has 0 aliphatic carbocycles. The minimum atomic E-state index is -0.634. The van der Waals surface area contributed by atoms with Gasteiger partial charge in [0.05, 0.1) is 20.4 Å². The molecule has 3 aromatic rings. The number of imide groups is 1. The molecule has 0 unspecified atom stereocenters. The second-order valence-electron chi connectivity index (χ2n) is 7.50. The van der Waals surface area contributed by atoms with Crippen molar-refractivity contribution < 1.29 is 23.6 Å². The zero-order valence-electron chi connectivity index (χ0n) is 17.8. The van der Waals surface area contributed by atoms with Crippen LogP contribution in [0, 0.1) is 15.9 Å². The van der Waals surface area contributed by atoms with Crippen LogP contribution < -0.4 is 10.1 Å². The second-order valence-corrected chi connectivity index (χ2v) is 9.21. The van der Waals surface area contributed by atoms with Gasteiger partial charge in [-0.25, -0.2) is 9.18 Å². The number of carbonyl (C=O) groups excluding carboxylic acids is 2. The average Bonchev–Trinajstić information content (AvgIpc) is 3.07. The molecule has 1 aliphatic heterocycles. The summed E-state index contributed by atoms with van der Waals surface area (Å²) in [6.07, 6.45) is 1.51. The van der Waals surface area contributed by atoms with E-state index < -0.39 is 22.7 Å². The van der Waals surface area contributed by atoms with E-state index in [1.165, 1.54) is 36.4 Å². The Hall–Kier alpha value is -3.57. The number of nitrogens with one attached hydrogen (secondary N) is 1. The van der Waals surface area contributed by atoms with Gasteiger partial charge in [-0.1, -0.05) is 18.2 Å². The molecule has 3 aromatic carbocycles. The lowest BCUT2D eigenvalue weighted by molar-refractivity contribution is -0.384. The minimum Gasteiger partial charge on any atom is -0.487 e. The number of non-ortho nitro benzene ring substituents is 1. The number of ether oxygens (including phenoxy) is 1. The summed E-state index contributed by atoms with van der Waals surface area (Å²) in [6, 6.07) is 14.8. The van der Waals surface area contributed by atoms with Gasteiger partial charge in [0.2, 0.25) is 0 Å². The second kappa shape index (κ2) is 10.4. The Morgan fingerprint density at radius 3 is 2.34 bits per heavy atom. The summed E-state index contributed by atoms with van der Waals surface area (Å²) < 4.78 is 21.0. The maximum atomic E-state index is 14.0. The fraction of sp³-hybridized carbons (Fsp3) is 0.0833. The number of hydrogen-bond acceptors (Lipinski definition) is 5. The summed E-state index contributed by atoms with van der Waals surface area (Å²) in [6.45, 7) is -0.00727. The molecule has 0 saturated carbocycles. The van der Waals surface area contributed by atoms with Crippen LogP contribution in [0.3, 0.4) is 0 Å². The number of amides is 3. The van der Waals surface area contributed by atoms with Crippen LogP contribution in [-0.2, 0) is 17.9 Å². The fourth-order valence-corrected chi connectivity index (χ4v) is 4.80. The number of urea groups is 1. The van der Waals surface area contributed by atoms with Crippen LogP contribution in [0.4, 0.5) is 14.9 Å². The van der Waals surface area contributed by atoms with Gasteiger partial charge >= 0.3 is 6.03 Å². The van der Waals surface area contributed by atoms with E-state index in [2.05, 4.69) is 37.2 Å². The van der Waals surface area contributed by atoms with Crippen LogP contribution in [0.1, 0.15) is 16.7 Å². The Bertz CT molecular complexity index is 1340. The van der Waals surface area contributed by atoms with Crippen LogP contribution in [0.5, 0.6) is 5.75 Å². The Balaban J connectivity index is 1.48. The van der Waals surface area contributed by atoms with Gasteiger partial charge < -0.3 is 10.1 Å². The molecule has 8 nitrogen and oxygen atoms in total. The third kappa shape index (κ3) is 5.57. The van der Waals surface area contributed by atoms with Crippen LogP contribution in [0.25, 0.3) is 6.08 Å². The number of nitro groups is 1. The molecule has 4 rings (SSSR count). The van der Waals surface area contributed by atoms with E-state index in [1.807, 2.05) is 0 Å². The lowest BCUT2D eigenvalue weighted by Gasteiger charge is -2.12. The van der Waals surface area contributed by atoms with Crippen molar-refractivity contribution in [2.75, 3.05) is 0 Å². The molecule has 1 N–H and O–H groups in total. The lowest BCUT2D eigenvalue weighted by Crippen LogP contribution is -2.30. The van der Waals surface area contributed by atoms with E-state index in [-0.39, 0.29) is 30.1 Å². The fourth-order valence-electron chi connectivity index (χ4n) is 3.35. The first-order valence-corrected chi connectivity index (χ1v) is 11.7. The normalized spacial score (nSPS) is 14.4. The molecule has 1 fully saturated rings. The summed E-state index contributed by atoms with van der Waals surface area (Å²) in [5.74, 6) is -0.569. The van der Waals surface area contributed by atoms with Gasteiger partial charge in [0.25, 0.3) is 11.6 Å². The quantitative estimate of drug-likeness (QED) is 0.156. The maximum absolute atomic E-state index is 14.0. The first-order chi connectivity index (χ1) is 16.7.